The summed E-state index contributed by atoms with van der Waals surface area (Å²) >= 11 is 0. The SMILES string of the molecule is CCNc1ccc(Oc2ccc(NCC)cc2CC2CO2)c(CC2CO2)c1. The summed E-state index contributed by atoms with van der Waals surface area (Å²) in [5.41, 5.74) is 4.60. The van der Waals surface area contributed by atoms with E-state index in [1.807, 2.05) is 0 Å². The summed E-state index contributed by atoms with van der Waals surface area (Å²) in [5, 5.41) is 6.76. The molecule has 2 unspecified atom stereocenters. The van der Waals surface area contributed by atoms with Crippen molar-refractivity contribution in [2.24, 2.45) is 0 Å². The fraction of sp³-hybridized carbons (Fsp3) is 0.455. The highest BCUT2D eigenvalue weighted by molar-refractivity contribution is 5.55. The van der Waals surface area contributed by atoms with Gasteiger partial charge in [0.2, 0.25) is 0 Å². The fourth-order valence-corrected chi connectivity index (χ4v) is 3.29. The third kappa shape index (κ3) is 4.93. The summed E-state index contributed by atoms with van der Waals surface area (Å²) in [7, 11) is 0. The molecular weight excluding hydrogens is 340 g/mol. The molecule has 0 spiro atoms. The molecule has 0 amide bonds. The van der Waals surface area contributed by atoms with Gasteiger partial charge in [0.15, 0.2) is 0 Å². The minimum absolute atomic E-state index is 0.319. The lowest BCUT2D eigenvalue weighted by molar-refractivity contribution is 0.398. The van der Waals surface area contributed by atoms with E-state index in [1.165, 1.54) is 11.1 Å². The molecule has 27 heavy (non-hydrogen) atoms. The van der Waals surface area contributed by atoms with Gasteiger partial charge in [-0.25, -0.2) is 0 Å². The van der Waals surface area contributed by atoms with Gasteiger partial charge in [-0.3, -0.25) is 0 Å². The first kappa shape index (κ1) is 18.1. The zero-order chi connectivity index (χ0) is 18.6. The Balaban J connectivity index is 1.59. The molecule has 0 aromatic heterocycles. The zero-order valence-corrected chi connectivity index (χ0v) is 16.1. The van der Waals surface area contributed by atoms with E-state index in [2.05, 4.69) is 60.9 Å². The molecule has 0 radical (unpaired) electrons. The molecule has 2 aromatic rings. The quantitative estimate of drug-likeness (QED) is 0.615. The first-order valence-electron chi connectivity index (χ1n) is 9.89. The van der Waals surface area contributed by atoms with Crippen LogP contribution in [0.15, 0.2) is 36.4 Å². The van der Waals surface area contributed by atoms with Crippen LogP contribution in [0.3, 0.4) is 0 Å². The van der Waals surface area contributed by atoms with Gasteiger partial charge in [0.05, 0.1) is 25.4 Å². The van der Waals surface area contributed by atoms with Crippen molar-refractivity contribution in [3.8, 4) is 11.5 Å². The Morgan fingerprint density at radius 2 is 1.26 bits per heavy atom. The third-order valence-electron chi connectivity index (χ3n) is 4.80. The van der Waals surface area contributed by atoms with Crippen LogP contribution in [-0.4, -0.2) is 38.5 Å². The lowest BCUT2D eigenvalue weighted by atomic mass is 10.1. The van der Waals surface area contributed by atoms with E-state index < -0.39 is 0 Å². The highest BCUT2D eigenvalue weighted by Crippen LogP contribution is 2.35. The summed E-state index contributed by atoms with van der Waals surface area (Å²) in [6.07, 6.45) is 2.40. The van der Waals surface area contributed by atoms with Gasteiger partial charge in [0.1, 0.15) is 11.5 Å². The normalized spacial score (nSPS) is 20.2. The standard InChI is InChI=1S/C22H28N2O3/c1-3-23-17-5-7-21(15(9-17)11-19-13-25-19)27-22-8-6-18(24-4-2)10-16(22)12-20-14-26-20/h5-10,19-20,23-24H,3-4,11-14H2,1-2H3. The second-order valence-electron chi connectivity index (χ2n) is 7.13. The number of anilines is 2. The Morgan fingerprint density at radius 1 is 0.815 bits per heavy atom. The molecule has 5 heteroatoms. The van der Waals surface area contributed by atoms with Crippen molar-refractivity contribution in [2.75, 3.05) is 36.9 Å². The Kier molecular flexibility index (Phi) is 5.50. The molecule has 2 aromatic carbocycles. The molecule has 0 bridgehead atoms. The predicted octanol–water partition coefficient (Wildman–Crippen LogP) is 4.23. The number of rotatable bonds is 10. The van der Waals surface area contributed by atoms with E-state index in [9.17, 15) is 0 Å². The summed E-state index contributed by atoms with van der Waals surface area (Å²) < 4.78 is 17.3. The third-order valence-corrected chi connectivity index (χ3v) is 4.80. The molecule has 2 heterocycles. The van der Waals surface area contributed by atoms with E-state index >= 15 is 0 Å². The van der Waals surface area contributed by atoms with Gasteiger partial charge < -0.3 is 24.8 Å². The van der Waals surface area contributed by atoms with Crippen LogP contribution in [0.4, 0.5) is 11.4 Å². The number of hydrogen-bond donors (Lipinski definition) is 2. The largest absolute Gasteiger partial charge is 0.457 e. The van der Waals surface area contributed by atoms with Gasteiger partial charge in [0.25, 0.3) is 0 Å². The molecule has 2 fully saturated rings. The van der Waals surface area contributed by atoms with Crippen LogP contribution in [0, 0.1) is 0 Å². The van der Waals surface area contributed by atoms with Crippen LogP contribution in [0.25, 0.3) is 0 Å². The van der Waals surface area contributed by atoms with Crippen molar-refractivity contribution in [2.45, 2.75) is 38.9 Å². The Morgan fingerprint density at radius 3 is 1.63 bits per heavy atom. The Bertz CT molecular complexity index is 720. The summed E-state index contributed by atoms with van der Waals surface area (Å²) in [5.74, 6) is 1.81. The van der Waals surface area contributed by atoms with E-state index in [4.69, 9.17) is 14.2 Å². The first-order chi connectivity index (χ1) is 13.2. The van der Waals surface area contributed by atoms with Gasteiger partial charge in [-0.05, 0) is 61.4 Å². The maximum atomic E-state index is 6.40. The molecule has 144 valence electrons. The van der Waals surface area contributed by atoms with Crippen molar-refractivity contribution < 1.29 is 14.2 Å². The smallest absolute Gasteiger partial charge is 0.130 e. The molecule has 5 nitrogen and oxygen atoms in total. The number of ether oxygens (including phenoxy) is 3. The van der Waals surface area contributed by atoms with Crippen LogP contribution in [0.1, 0.15) is 25.0 Å². The van der Waals surface area contributed by atoms with Crippen molar-refractivity contribution in [1.82, 2.24) is 0 Å². The van der Waals surface area contributed by atoms with E-state index in [1.54, 1.807) is 0 Å². The Hall–Kier alpha value is -2.24. The van der Waals surface area contributed by atoms with E-state index in [0.29, 0.717) is 12.2 Å². The molecule has 4 rings (SSSR count). The van der Waals surface area contributed by atoms with E-state index in [-0.39, 0.29) is 0 Å². The summed E-state index contributed by atoms with van der Waals surface area (Å²) in [6.45, 7) is 7.69. The van der Waals surface area contributed by atoms with Gasteiger partial charge >= 0.3 is 0 Å². The second kappa shape index (κ2) is 8.19. The minimum Gasteiger partial charge on any atom is -0.457 e. The number of hydrogen-bond acceptors (Lipinski definition) is 5. The fourth-order valence-electron chi connectivity index (χ4n) is 3.29. The molecule has 2 aliphatic heterocycles. The van der Waals surface area contributed by atoms with E-state index in [0.717, 1.165) is 62.0 Å². The summed E-state index contributed by atoms with van der Waals surface area (Å²) in [6, 6.07) is 12.6. The average molecular weight is 368 g/mol. The maximum absolute atomic E-state index is 6.40. The lowest BCUT2D eigenvalue weighted by Gasteiger charge is -2.16. The van der Waals surface area contributed by atoms with Gasteiger partial charge in [-0.2, -0.15) is 0 Å². The van der Waals surface area contributed by atoms with Crippen LogP contribution >= 0.6 is 0 Å². The monoisotopic (exact) mass is 368 g/mol. The number of nitrogens with one attached hydrogen (secondary N) is 2. The lowest BCUT2D eigenvalue weighted by Crippen LogP contribution is -2.04. The van der Waals surface area contributed by atoms with Crippen molar-refractivity contribution in [3.63, 3.8) is 0 Å². The topological polar surface area (TPSA) is 58.4 Å². The van der Waals surface area contributed by atoms with Crippen molar-refractivity contribution in [1.29, 1.82) is 0 Å². The van der Waals surface area contributed by atoms with Gasteiger partial charge in [-0.15, -0.1) is 0 Å². The maximum Gasteiger partial charge on any atom is 0.130 e. The molecule has 0 saturated carbocycles. The first-order valence-corrected chi connectivity index (χ1v) is 9.89. The second-order valence-corrected chi connectivity index (χ2v) is 7.13. The molecule has 2 atom stereocenters. The molecule has 2 aliphatic rings. The summed E-state index contributed by atoms with van der Waals surface area (Å²) in [4.78, 5) is 0. The zero-order valence-electron chi connectivity index (χ0n) is 16.1. The van der Waals surface area contributed by atoms with Gasteiger partial charge in [-0.1, -0.05) is 0 Å². The number of benzene rings is 2. The molecule has 2 saturated heterocycles. The minimum atomic E-state index is 0.319. The average Bonchev–Trinajstić information content (AvgIpc) is 3.56. The van der Waals surface area contributed by atoms with Crippen LogP contribution < -0.4 is 15.4 Å². The highest BCUT2D eigenvalue weighted by Gasteiger charge is 2.26. The van der Waals surface area contributed by atoms with Gasteiger partial charge in [0, 0.05) is 37.3 Å². The molecular formula is C22H28N2O3. The van der Waals surface area contributed by atoms with Crippen LogP contribution in [0.5, 0.6) is 11.5 Å². The number of epoxide rings is 2. The molecule has 0 aliphatic carbocycles. The molecule has 2 N–H and O–H groups in total. The highest BCUT2D eigenvalue weighted by atomic mass is 16.6. The Labute approximate surface area is 161 Å². The van der Waals surface area contributed by atoms with Crippen molar-refractivity contribution in [3.05, 3.63) is 47.5 Å². The van der Waals surface area contributed by atoms with Crippen molar-refractivity contribution >= 4 is 11.4 Å². The van der Waals surface area contributed by atoms with Crippen LogP contribution in [-0.2, 0) is 22.3 Å². The predicted molar refractivity (Wildman–Crippen MR) is 108 cm³/mol. The van der Waals surface area contributed by atoms with Crippen LogP contribution in [0.2, 0.25) is 0 Å².